The second kappa shape index (κ2) is 23.6. The minimum atomic E-state index is -0.935. The highest BCUT2D eigenvalue weighted by atomic mass is 35.5. The summed E-state index contributed by atoms with van der Waals surface area (Å²) in [6.45, 7) is 11.1. The summed E-state index contributed by atoms with van der Waals surface area (Å²) in [5, 5.41) is 29.4. The van der Waals surface area contributed by atoms with Crippen LogP contribution in [0, 0.1) is 12.3 Å². The minimum Gasteiger partial charge on any atom is -0.466 e. The fraction of sp³-hybridized carbons (Fsp3) is 0.468. The first kappa shape index (κ1) is 52.4. The highest BCUT2D eigenvalue weighted by Crippen LogP contribution is 2.31. The Labute approximate surface area is 414 Å². The summed E-state index contributed by atoms with van der Waals surface area (Å²) >= 11 is 13.8. The molecule has 22 heteroatoms. The smallest absolute Gasteiger partial charge is 0.323 e. The molecule has 0 spiro atoms. The number of nitrogens with one attached hydrogen (secondary N) is 5. The molecule has 0 aliphatic carbocycles. The van der Waals surface area contributed by atoms with E-state index in [9.17, 15) is 29.1 Å². The highest BCUT2D eigenvalue weighted by molar-refractivity contribution is 7.13. The van der Waals surface area contributed by atoms with Crippen molar-refractivity contribution in [3.05, 3.63) is 81.4 Å². The van der Waals surface area contributed by atoms with Crippen LogP contribution in [0.5, 0.6) is 5.88 Å². The van der Waals surface area contributed by atoms with Crippen LogP contribution in [0.2, 0.25) is 10.2 Å². The molecular formula is C47H59Cl2N11O8S. The number of amides is 6. The Kier molecular flexibility index (Phi) is 17.9. The van der Waals surface area contributed by atoms with Crippen LogP contribution >= 0.6 is 34.5 Å². The van der Waals surface area contributed by atoms with E-state index >= 15 is 0 Å². The van der Waals surface area contributed by atoms with E-state index in [1.165, 1.54) is 35.0 Å². The Morgan fingerprint density at radius 1 is 0.928 bits per heavy atom. The van der Waals surface area contributed by atoms with E-state index in [1.54, 1.807) is 24.3 Å². The van der Waals surface area contributed by atoms with Gasteiger partial charge < -0.3 is 46.1 Å². The zero-order valence-electron chi connectivity index (χ0n) is 39.6. The van der Waals surface area contributed by atoms with Crippen LogP contribution in [0.3, 0.4) is 0 Å². The quantitative estimate of drug-likeness (QED) is 0.0431. The number of nitrogens with zero attached hydrogens (tertiary/aromatic N) is 6. The van der Waals surface area contributed by atoms with Gasteiger partial charge in [-0.2, -0.15) is 5.10 Å². The summed E-state index contributed by atoms with van der Waals surface area (Å²) < 4.78 is 12.6. The van der Waals surface area contributed by atoms with Gasteiger partial charge >= 0.3 is 6.03 Å². The first-order valence-corrected chi connectivity index (χ1v) is 24.2. The van der Waals surface area contributed by atoms with Crippen molar-refractivity contribution in [1.29, 1.82) is 0 Å². The molecule has 3 unspecified atom stereocenters. The van der Waals surface area contributed by atoms with Crippen molar-refractivity contribution < 1.29 is 38.6 Å². The summed E-state index contributed by atoms with van der Waals surface area (Å²) in [6.07, 6.45) is 4.24. The fourth-order valence-corrected chi connectivity index (χ4v) is 9.00. The third kappa shape index (κ3) is 13.9. The molecule has 0 saturated carbocycles. The average molecular weight is 1010 g/mol. The maximum Gasteiger partial charge on any atom is 0.323 e. The van der Waals surface area contributed by atoms with Crippen LogP contribution in [0.15, 0.2) is 54.3 Å². The second-order valence-corrected chi connectivity index (χ2v) is 19.6. The second-order valence-electron chi connectivity index (χ2n) is 17.9. The summed E-state index contributed by atoms with van der Waals surface area (Å²) in [4.78, 5) is 82.1. The molecule has 69 heavy (non-hydrogen) atoms. The molecule has 6 N–H and O–H groups in total. The number of urea groups is 1. The van der Waals surface area contributed by atoms with Gasteiger partial charge in [0.2, 0.25) is 23.6 Å². The number of ether oxygens (including phenoxy) is 2. The van der Waals surface area contributed by atoms with E-state index in [0.29, 0.717) is 42.8 Å². The van der Waals surface area contributed by atoms with Crippen LogP contribution in [0.4, 0.5) is 16.2 Å². The van der Waals surface area contributed by atoms with Crippen molar-refractivity contribution in [1.82, 2.24) is 45.4 Å². The van der Waals surface area contributed by atoms with Crippen LogP contribution in [0.1, 0.15) is 102 Å². The number of pyridine rings is 1. The number of hydrogen-bond donors (Lipinski definition) is 6. The lowest BCUT2D eigenvalue weighted by Crippen LogP contribution is -2.57. The van der Waals surface area contributed by atoms with Gasteiger partial charge in [-0.1, -0.05) is 81.1 Å². The Bertz CT molecular complexity index is 2620. The standard InChI is InChI=1S/C47H59Cl2N11O8S/c1-26(29-13-15-30(16-14-29)41-27(2)53-25-69-41)54-43(64)35-19-32(61)23-59(35)45(65)42(47(4,5)6)57-38(62)12-10-8-9-11-17-50-39(63)24-68-44-33(18-31(48)21-52-44)55-46(66)56-34-22-51-37-20-36(49)58-60(37)40(34)28(3)67-7/h13-16,18,20-22,25-26,28,32,35,42,61H,8-12,17,19,23-24H2,1-7H3,(H,50,63)(H,54,64)(H,57,62)(H2,55,56,66)/t26?,28?,32-,35+,42?/m1/s1. The lowest BCUT2D eigenvalue weighted by Gasteiger charge is -2.35. The number of methoxy groups -OCH3 is 1. The van der Waals surface area contributed by atoms with Crippen molar-refractivity contribution in [2.45, 2.75) is 110 Å². The summed E-state index contributed by atoms with van der Waals surface area (Å²) in [5.74, 6) is -1.55. The van der Waals surface area contributed by atoms with Crippen LogP contribution in [0.25, 0.3) is 16.1 Å². The number of halogens is 2. The van der Waals surface area contributed by atoms with Gasteiger partial charge in [0.1, 0.15) is 17.8 Å². The van der Waals surface area contributed by atoms with E-state index in [-0.39, 0.29) is 65.6 Å². The Morgan fingerprint density at radius 2 is 1.65 bits per heavy atom. The molecule has 1 saturated heterocycles. The number of anilines is 2. The lowest BCUT2D eigenvalue weighted by atomic mass is 9.85. The number of rotatable bonds is 20. The van der Waals surface area contributed by atoms with Gasteiger partial charge in [-0.15, -0.1) is 11.3 Å². The van der Waals surface area contributed by atoms with Gasteiger partial charge in [0.05, 0.1) is 56.9 Å². The number of thiazole rings is 1. The van der Waals surface area contributed by atoms with Crippen molar-refractivity contribution in [3.8, 4) is 16.3 Å². The number of β-amino-alcohol motifs (C(OH)–C–C–N with tert-alkyl or cyclic N) is 1. The van der Waals surface area contributed by atoms with Crippen molar-refractivity contribution in [3.63, 3.8) is 0 Å². The zero-order valence-corrected chi connectivity index (χ0v) is 41.9. The number of aromatic nitrogens is 5. The molecule has 5 atom stereocenters. The molecular weight excluding hydrogens is 950 g/mol. The van der Waals surface area contributed by atoms with Crippen molar-refractivity contribution in [2.24, 2.45) is 5.41 Å². The average Bonchev–Trinajstić information content (AvgIpc) is 4.03. The van der Waals surface area contributed by atoms with E-state index in [2.05, 4.69) is 46.6 Å². The van der Waals surface area contributed by atoms with Gasteiger partial charge in [0.25, 0.3) is 5.91 Å². The molecule has 5 aromatic rings. The SMILES string of the molecule is COC(C)c1c(NC(=O)Nc2cc(Cl)cnc2OCC(=O)NCCCCCCC(=O)NC(C(=O)N2C[C@H](O)C[C@H]2C(=O)NC(C)c2ccc(-c3scnc3C)cc2)C(C)(C)C)cnc2cc(Cl)nn12. The molecule has 5 heterocycles. The number of likely N-dealkylation sites (tertiary alicyclic amines) is 1. The Hall–Kier alpha value is -5.93. The number of aryl methyl sites for hydroxylation is 1. The number of carbonyl (C=O) groups excluding carboxylic acids is 5. The van der Waals surface area contributed by atoms with Gasteiger partial charge in [0.15, 0.2) is 17.4 Å². The fourth-order valence-electron chi connectivity index (χ4n) is 7.86. The number of unbranched alkanes of at least 4 members (excludes halogenated alkanes) is 3. The number of fused-ring (bicyclic) bond motifs is 1. The highest BCUT2D eigenvalue weighted by Gasteiger charge is 2.44. The summed E-state index contributed by atoms with van der Waals surface area (Å²) in [6, 6.07) is 8.03. The lowest BCUT2D eigenvalue weighted by molar-refractivity contribution is -0.144. The minimum absolute atomic E-state index is 0.0224. The molecule has 0 radical (unpaired) electrons. The Morgan fingerprint density at radius 3 is 2.35 bits per heavy atom. The number of aliphatic hydroxyl groups is 1. The molecule has 6 amide bonds. The molecule has 4 aromatic heterocycles. The molecule has 1 fully saturated rings. The van der Waals surface area contributed by atoms with Crippen LogP contribution < -0.4 is 31.3 Å². The maximum atomic E-state index is 14.1. The molecule has 1 aliphatic rings. The summed E-state index contributed by atoms with van der Waals surface area (Å²) in [7, 11) is 1.52. The topological polar surface area (TPSA) is 243 Å². The van der Waals surface area contributed by atoms with Crippen molar-refractivity contribution >= 4 is 81.2 Å². The van der Waals surface area contributed by atoms with Crippen LogP contribution in [-0.4, -0.2) is 109 Å². The third-order valence-electron chi connectivity index (χ3n) is 11.6. The van der Waals surface area contributed by atoms with E-state index in [1.807, 2.05) is 64.4 Å². The number of aliphatic hydroxyl groups excluding tert-OH is 1. The summed E-state index contributed by atoms with van der Waals surface area (Å²) in [5.41, 5.74) is 5.38. The first-order chi connectivity index (χ1) is 32.8. The van der Waals surface area contributed by atoms with E-state index in [0.717, 1.165) is 28.1 Å². The monoisotopic (exact) mass is 1010 g/mol. The van der Waals surface area contributed by atoms with Gasteiger partial charge in [-0.05, 0) is 56.2 Å². The predicted molar refractivity (Wildman–Crippen MR) is 263 cm³/mol. The largest absolute Gasteiger partial charge is 0.466 e. The van der Waals surface area contributed by atoms with Gasteiger partial charge in [-0.25, -0.2) is 24.3 Å². The maximum absolute atomic E-state index is 14.1. The number of benzene rings is 1. The molecule has 0 bridgehead atoms. The number of carbonyl (C=O) groups is 5. The first-order valence-electron chi connectivity index (χ1n) is 22.6. The molecule has 1 aliphatic heterocycles. The van der Waals surface area contributed by atoms with Gasteiger partial charge in [0, 0.05) is 45.3 Å². The predicted octanol–water partition coefficient (Wildman–Crippen LogP) is 7.03. The number of hydrogen-bond acceptors (Lipinski definition) is 13. The Balaban J connectivity index is 0.912. The van der Waals surface area contributed by atoms with E-state index in [4.69, 9.17) is 32.7 Å². The normalized spacial score (nSPS) is 16.1. The molecule has 370 valence electrons. The van der Waals surface area contributed by atoms with Crippen LogP contribution in [-0.2, 0) is 23.9 Å². The molecule has 6 rings (SSSR count). The van der Waals surface area contributed by atoms with Gasteiger partial charge in [-0.3, -0.25) is 19.2 Å². The molecule has 19 nitrogen and oxygen atoms in total. The third-order valence-corrected chi connectivity index (χ3v) is 13.0. The van der Waals surface area contributed by atoms with Crippen molar-refractivity contribution in [2.75, 3.05) is 37.4 Å². The zero-order chi connectivity index (χ0) is 50.0. The van der Waals surface area contributed by atoms with E-state index < -0.39 is 47.6 Å². The molecule has 1 aromatic carbocycles.